The number of nitro groups is 1. The summed E-state index contributed by atoms with van der Waals surface area (Å²) in [4.78, 5) is 21.8. The molecule has 0 amide bonds. The van der Waals surface area contributed by atoms with E-state index in [9.17, 15) is 20.0 Å². The minimum absolute atomic E-state index is 0.0718. The summed E-state index contributed by atoms with van der Waals surface area (Å²) in [5, 5.41) is 29.8. The van der Waals surface area contributed by atoms with Gasteiger partial charge >= 0.3 is 5.63 Å². The Labute approximate surface area is 150 Å². The van der Waals surface area contributed by atoms with Crippen LogP contribution in [0.2, 0.25) is 0 Å². The van der Waals surface area contributed by atoms with E-state index in [-0.39, 0.29) is 33.9 Å². The lowest BCUT2D eigenvalue weighted by atomic mass is 10.1. The standard InChI is InChI=1S/C18H11N3O6/c1-9-8-14(22)27-17-12(9)6-7-13-15(17)16(23)18(26-13)20-19-10-2-4-11(5-3-10)21(24)25/h2-8,23H,1H3. The highest BCUT2D eigenvalue weighted by Crippen LogP contribution is 2.42. The zero-order chi connectivity index (χ0) is 19.1. The Morgan fingerprint density at radius 3 is 2.52 bits per heavy atom. The normalized spacial score (nSPS) is 11.6. The molecule has 0 aliphatic carbocycles. The molecule has 4 aromatic rings. The van der Waals surface area contributed by atoms with Gasteiger partial charge in [0.25, 0.3) is 11.6 Å². The van der Waals surface area contributed by atoms with Crippen LogP contribution in [-0.4, -0.2) is 10.0 Å². The molecule has 134 valence electrons. The molecule has 0 radical (unpaired) electrons. The van der Waals surface area contributed by atoms with Gasteiger partial charge in [0.05, 0.1) is 10.6 Å². The maximum Gasteiger partial charge on any atom is 0.336 e. The molecule has 1 N–H and O–H groups in total. The number of non-ortho nitro benzene ring substituents is 1. The van der Waals surface area contributed by atoms with Crippen LogP contribution >= 0.6 is 0 Å². The summed E-state index contributed by atoms with van der Waals surface area (Å²) in [6.45, 7) is 1.76. The Kier molecular flexibility index (Phi) is 3.69. The van der Waals surface area contributed by atoms with Gasteiger partial charge in [0.1, 0.15) is 11.0 Å². The smallest absolute Gasteiger partial charge is 0.336 e. The molecule has 0 saturated heterocycles. The highest BCUT2D eigenvalue weighted by molar-refractivity contribution is 6.08. The summed E-state index contributed by atoms with van der Waals surface area (Å²) in [6, 6.07) is 10.1. The molecular weight excluding hydrogens is 354 g/mol. The quantitative estimate of drug-likeness (QED) is 0.238. The van der Waals surface area contributed by atoms with Crippen LogP contribution in [0, 0.1) is 17.0 Å². The molecule has 0 aliphatic rings. The first-order chi connectivity index (χ1) is 12.9. The number of rotatable bonds is 3. The third-order valence-corrected chi connectivity index (χ3v) is 4.04. The predicted molar refractivity (Wildman–Crippen MR) is 95.9 cm³/mol. The van der Waals surface area contributed by atoms with Crippen molar-refractivity contribution in [2.24, 2.45) is 10.2 Å². The fraction of sp³-hybridized carbons (Fsp3) is 0.0556. The lowest BCUT2D eigenvalue weighted by Gasteiger charge is -2.00. The molecule has 27 heavy (non-hydrogen) atoms. The van der Waals surface area contributed by atoms with E-state index in [2.05, 4.69) is 10.2 Å². The van der Waals surface area contributed by atoms with Gasteiger partial charge in [-0.3, -0.25) is 10.1 Å². The van der Waals surface area contributed by atoms with Gasteiger partial charge < -0.3 is 13.9 Å². The Hall–Kier alpha value is -4.01. The van der Waals surface area contributed by atoms with E-state index in [1.165, 1.54) is 30.3 Å². The van der Waals surface area contributed by atoms with Gasteiger partial charge in [-0.25, -0.2) is 4.79 Å². The number of benzene rings is 2. The van der Waals surface area contributed by atoms with Crippen molar-refractivity contribution in [3.8, 4) is 5.75 Å². The fourth-order valence-electron chi connectivity index (χ4n) is 2.75. The SMILES string of the molecule is Cc1cc(=O)oc2c1ccc1oc(N=Nc3ccc([N+](=O)[O-])cc3)c(O)c12. The molecule has 0 aliphatic heterocycles. The van der Waals surface area contributed by atoms with Crippen LogP contribution in [0.4, 0.5) is 17.3 Å². The van der Waals surface area contributed by atoms with Crippen molar-refractivity contribution in [3.63, 3.8) is 0 Å². The second kappa shape index (κ2) is 6.06. The molecule has 2 aromatic heterocycles. The van der Waals surface area contributed by atoms with E-state index in [0.717, 1.165) is 0 Å². The van der Waals surface area contributed by atoms with Gasteiger partial charge in [0.2, 0.25) is 0 Å². The monoisotopic (exact) mass is 365 g/mol. The second-order valence-corrected chi connectivity index (χ2v) is 5.79. The van der Waals surface area contributed by atoms with Crippen molar-refractivity contribution in [2.45, 2.75) is 6.92 Å². The molecule has 0 atom stereocenters. The molecule has 0 unspecified atom stereocenters. The summed E-state index contributed by atoms with van der Waals surface area (Å²) in [6.07, 6.45) is 0. The van der Waals surface area contributed by atoms with E-state index >= 15 is 0 Å². The first-order valence-electron chi connectivity index (χ1n) is 7.79. The highest BCUT2D eigenvalue weighted by atomic mass is 16.6. The number of hydrogen-bond donors (Lipinski definition) is 1. The fourth-order valence-corrected chi connectivity index (χ4v) is 2.75. The Balaban J connectivity index is 1.81. The summed E-state index contributed by atoms with van der Waals surface area (Å²) >= 11 is 0. The zero-order valence-electron chi connectivity index (χ0n) is 13.9. The molecule has 9 nitrogen and oxygen atoms in total. The first kappa shape index (κ1) is 16.5. The molecule has 4 rings (SSSR count). The van der Waals surface area contributed by atoms with Gasteiger partial charge in [-0.2, -0.15) is 0 Å². The van der Waals surface area contributed by atoms with Crippen LogP contribution in [0.1, 0.15) is 5.56 Å². The summed E-state index contributed by atoms with van der Waals surface area (Å²) in [5.41, 5.74) is 0.923. The van der Waals surface area contributed by atoms with E-state index in [0.29, 0.717) is 16.6 Å². The van der Waals surface area contributed by atoms with Crippen molar-refractivity contribution in [2.75, 3.05) is 0 Å². The molecule has 2 aromatic carbocycles. The maximum absolute atomic E-state index is 11.7. The number of fused-ring (bicyclic) bond motifs is 3. The van der Waals surface area contributed by atoms with Crippen LogP contribution in [0.3, 0.4) is 0 Å². The number of aromatic hydroxyl groups is 1. The van der Waals surface area contributed by atoms with Crippen molar-refractivity contribution in [3.05, 3.63) is 68.6 Å². The lowest BCUT2D eigenvalue weighted by Crippen LogP contribution is -1.97. The molecule has 9 heteroatoms. The Bertz CT molecular complexity index is 1280. The van der Waals surface area contributed by atoms with E-state index in [1.807, 2.05) is 0 Å². The Morgan fingerprint density at radius 2 is 1.81 bits per heavy atom. The van der Waals surface area contributed by atoms with Crippen LogP contribution in [-0.2, 0) is 0 Å². The predicted octanol–water partition coefficient (Wildman–Crippen LogP) is 4.88. The Morgan fingerprint density at radius 1 is 1.07 bits per heavy atom. The van der Waals surface area contributed by atoms with Crippen LogP contribution in [0.25, 0.3) is 21.9 Å². The minimum atomic E-state index is -0.540. The van der Waals surface area contributed by atoms with Crippen LogP contribution < -0.4 is 5.63 Å². The molecule has 2 heterocycles. The van der Waals surface area contributed by atoms with Crippen LogP contribution in [0.5, 0.6) is 5.75 Å². The molecule has 0 fully saturated rings. The lowest BCUT2D eigenvalue weighted by molar-refractivity contribution is -0.384. The first-order valence-corrected chi connectivity index (χ1v) is 7.79. The number of aryl methyl sites for hydroxylation is 1. The second-order valence-electron chi connectivity index (χ2n) is 5.79. The van der Waals surface area contributed by atoms with Gasteiger partial charge in [-0.1, -0.05) is 0 Å². The number of furan rings is 1. The maximum atomic E-state index is 11.7. The molecule has 0 bridgehead atoms. The molecule has 0 saturated carbocycles. The third-order valence-electron chi connectivity index (χ3n) is 4.04. The summed E-state index contributed by atoms with van der Waals surface area (Å²) in [7, 11) is 0. The van der Waals surface area contributed by atoms with Gasteiger partial charge in [0, 0.05) is 23.6 Å². The van der Waals surface area contributed by atoms with Crippen molar-refractivity contribution < 1.29 is 18.9 Å². The average Bonchev–Trinajstić information content (AvgIpc) is 2.96. The van der Waals surface area contributed by atoms with E-state index < -0.39 is 10.5 Å². The van der Waals surface area contributed by atoms with E-state index in [4.69, 9.17) is 8.83 Å². The van der Waals surface area contributed by atoms with Crippen molar-refractivity contribution in [1.82, 2.24) is 0 Å². The topological polar surface area (TPSA) is 131 Å². The van der Waals surface area contributed by atoms with Crippen molar-refractivity contribution >= 4 is 39.2 Å². The number of azo groups is 1. The average molecular weight is 365 g/mol. The van der Waals surface area contributed by atoms with Crippen LogP contribution in [0.15, 0.2) is 66.3 Å². The minimum Gasteiger partial charge on any atom is -0.502 e. The highest BCUT2D eigenvalue weighted by Gasteiger charge is 2.18. The van der Waals surface area contributed by atoms with Gasteiger partial charge in [0.15, 0.2) is 11.3 Å². The number of nitrogens with zero attached hydrogens (tertiary/aromatic N) is 3. The largest absolute Gasteiger partial charge is 0.502 e. The number of hydrogen-bond acceptors (Lipinski definition) is 8. The summed E-state index contributed by atoms with van der Waals surface area (Å²) in [5.74, 6) is -0.477. The third kappa shape index (κ3) is 2.80. The zero-order valence-corrected chi connectivity index (χ0v) is 13.9. The summed E-state index contributed by atoms with van der Waals surface area (Å²) < 4.78 is 10.7. The molecule has 0 spiro atoms. The number of nitro benzene ring substituents is 1. The van der Waals surface area contributed by atoms with Gasteiger partial charge in [-0.15, -0.1) is 10.2 Å². The van der Waals surface area contributed by atoms with E-state index in [1.54, 1.807) is 19.1 Å². The molecular formula is C18H11N3O6. The van der Waals surface area contributed by atoms with Crippen molar-refractivity contribution in [1.29, 1.82) is 0 Å². The van der Waals surface area contributed by atoms with Gasteiger partial charge in [-0.05, 0) is 36.8 Å².